The molecule has 0 unspecified atom stereocenters. The van der Waals surface area contributed by atoms with Gasteiger partial charge in [0.25, 0.3) is 0 Å². The largest absolute Gasteiger partial charge is 0.355 e. The zero-order valence-corrected chi connectivity index (χ0v) is 9.72. The van der Waals surface area contributed by atoms with Crippen LogP contribution in [0.5, 0.6) is 0 Å². The zero-order chi connectivity index (χ0) is 13.5. The van der Waals surface area contributed by atoms with Crippen LogP contribution < -0.4 is 5.32 Å². The first-order valence-electron chi connectivity index (χ1n) is 5.22. The quantitative estimate of drug-likeness (QED) is 0.504. The minimum absolute atomic E-state index is 0.110. The second-order valence-corrected chi connectivity index (χ2v) is 3.51. The number of benzene rings is 1. The predicted molar refractivity (Wildman–Crippen MR) is 61.9 cm³/mol. The lowest BCUT2D eigenvalue weighted by molar-refractivity contribution is -0.118. The summed E-state index contributed by atoms with van der Waals surface area (Å²) in [7, 11) is 0. The molecule has 0 saturated heterocycles. The van der Waals surface area contributed by atoms with Crippen molar-refractivity contribution in [2.45, 2.75) is 13.3 Å². The lowest BCUT2D eigenvalue weighted by Gasteiger charge is -1.98. The molecule has 94 valence electrons. The molecule has 0 radical (unpaired) electrons. The normalized spacial score (nSPS) is 9.28. The number of rotatable bonds is 3. The highest BCUT2D eigenvalue weighted by Crippen LogP contribution is 2.12. The van der Waals surface area contributed by atoms with Gasteiger partial charge in [0, 0.05) is 19.9 Å². The van der Waals surface area contributed by atoms with Gasteiger partial charge in [-0.15, -0.1) is 0 Å². The zero-order valence-electron chi connectivity index (χ0n) is 9.72. The monoisotopic (exact) mass is 251 g/mol. The first-order chi connectivity index (χ1) is 8.54. The lowest BCUT2D eigenvalue weighted by atomic mass is 10.1. The second kappa shape index (κ2) is 6.50. The van der Waals surface area contributed by atoms with Gasteiger partial charge in [-0.2, -0.15) is 0 Å². The van der Waals surface area contributed by atoms with Crippen molar-refractivity contribution in [2.24, 2.45) is 0 Å². The highest BCUT2D eigenvalue weighted by atomic mass is 19.1. The highest BCUT2D eigenvalue weighted by molar-refractivity contribution is 5.75. The van der Waals surface area contributed by atoms with Gasteiger partial charge in [0.15, 0.2) is 6.29 Å². The molecule has 0 saturated carbocycles. The maximum atomic E-state index is 13.4. The fourth-order valence-electron chi connectivity index (χ4n) is 1.21. The fourth-order valence-corrected chi connectivity index (χ4v) is 1.21. The number of aldehydes is 1. The van der Waals surface area contributed by atoms with Crippen molar-refractivity contribution in [3.05, 3.63) is 34.9 Å². The van der Waals surface area contributed by atoms with E-state index in [9.17, 15) is 18.4 Å². The average molecular weight is 251 g/mol. The SMILES string of the molecule is CC(=O)NCCC#Cc1cc(F)c(C=O)cc1F. The summed E-state index contributed by atoms with van der Waals surface area (Å²) in [5, 5.41) is 2.52. The third-order valence-corrected chi connectivity index (χ3v) is 2.06. The third-order valence-electron chi connectivity index (χ3n) is 2.06. The summed E-state index contributed by atoms with van der Waals surface area (Å²) in [5.74, 6) is 3.32. The lowest BCUT2D eigenvalue weighted by Crippen LogP contribution is -2.20. The molecule has 1 amide bonds. The molecule has 18 heavy (non-hydrogen) atoms. The van der Waals surface area contributed by atoms with Gasteiger partial charge in [0.05, 0.1) is 11.1 Å². The molecule has 0 aromatic heterocycles. The van der Waals surface area contributed by atoms with E-state index < -0.39 is 11.6 Å². The van der Waals surface area contributed by atoms with Crippen LogP contribution in [0.3, 0.4) is 0 Å². The molecule has 0 aliphatic carbocycles. The second-order valence-electron chi connectivity index (χ2n) is 3.51. The Morgan fingerprint density at radius 2 is 2.11 bits per heavy atom. The van der Waals surface area contributed by atoms with E-state index in [-0.39, 0.29) is 23.3 Å². The smallest absolute Gasteiger partial charge is 0.216 e. The molecule has 0 aliphatic heterocycles. The predicted octanol–water partition coefficient (Wildman–Crippen LogP) is 1.66. The van der Waals surface area contributed by atoms with Gasteiger partial charge in [-0.1, -0.05) is 11.8 Å². The van der Waals surface area contributed by atoms with Crippen LogP contribution in [0.1, 0.15) is 29.3 Å². The van der Waals surface area contributed by atoms with Crippen molar-refractivity contribution >= 4 is 12.2 Å². The summed E-state index contributed by atoms with van der Waals surface area (Å²) in [4.78, 5) is 20.9. The topological polar surface area (TPSA) is 46.2 Å². The third kappa shape index (κ3) is 3.98. The Hall–Kier alpha value is -2.22. The Kier molecular flexibility index (Phi) is 5.00. The molecule has 0 fully saturated rings. The number of hydrogen-bond acceptors (Lipinski definition) is 2. The van der Waals surface area contributed by atoms with Gasteiger partial charge in [-0.05, 0) is 12.1 Å². The van der Waals surface area contributed by atoms with Gasteiger partial charge < -0.3 is 5.32 Å². The first-order valence-corrected chi connectivity index (χ1v) is 5.22. The molecule has 0 atom stereocenters. The van der Waals surface area contributed by atoms with E-state index in [0.717, 1.165) is 12.1 Å². The molecule has 1 aromatic carbocycles. The van der Waals surface area contributed by atoms with Crippen LogP contribution in [-0.2, 0) is 4.79 Å². The van der Waals surface area contributed by atoms with E-state index in [1.807, 2.05) is 0 Å². The standard InChI is InChI=1S/C13H11F2NO2/c1-9(18)16-5-3-2-4-10-6-13(15)11(8-17)7-12(10)14/h6-8H,3,5H2,1H3,(H,16,18). The van der Waals surface area contributed by atoms with Crippen molar-refractivity contribution in [3.8, 4) is 11.8 Å². The van der Waals surface area contributed by atoms with E-state index in [1.54, 1.807) is 0 Å². The van der Waals surface area contributed by atoms with Crippen LogP contribution in [0.2, 0.25) is 0 Å². The number of hydrogen-bond donors (Lipinski definition) is 1. The van der Waals surface area contributed by atoms with Crippen LogP contribution in [0.25, 0.3) is 0 Å². The van der Waals surface area contributed by atoms with E-state index in [2.05, 4.69) is 17.2 Å². The van der Waals surface area contributed by atoms with Crippen LogP contribution in [-0.4, -0.2) is 18.7 Å². The Morgan fingerprint density at radius 3 is 2.72 bits per heavy atom. The van der Waals surface area contributed by atoms with Crippen molar-refractivity contribution < 1.29 is 18.4 Å². The van der Waals surface area contributed by atoms with E-state index in [1.165, 1.54) is 6.92 Å². The maximum absolute atomic E-state index is 13.4. The van der Waals surface area contributed by atoms with Gasteiger partial charge in [0.1, 0.15) is 11.6 Å². The van der Waals surface area contributed by atoms with Gasteiger partial charge in [-0.3, -0.25) is 9.59 Å². The van der Waals surface area contributed by atoms with Crippen LogP contribution in [0.4, 0.5) is 8.78 Å². The Morgan fingerprint density at radius 1 is 1.39 bits per heavy atom. The van der Waals surface area contributed by atoms with Crippen LogP contribution >= 0.6 is 0 Å². The summed E-state index contributed by atoms with van der Waals surface area (Å²) in [5.41, 5.74) is -0.447. The Bertz CT molecular complexity index is 530. The first kappa shape index (κ1) is 13.8. The minimum atomic E-state index is -0.808. The molecule has 0 bridgehead atoms. The van der Waals surface area contributed by atoms with Crippen LogP contribution in [0, 0.1) is 23.5 Å². The van der Waals surface area contributed by atoms with Gasteiger partial charge >= 0.3 is 0 Å². The maximum Gasteiger partial charge on any atom is 0.216 e. The number of carbonyl (C=O) groups is 2. The molecular formula is C13H11F2NO2. The van der Waals surface area contributed by atoms with E-state index in [4.69, 9.17) is 0 Å². The molecular weight excluding hydrogens is 240 g/mol. The van der Waals surface area contributed by atoms with Crippen molar-refractivity contribution in [3.63, 3.8) is 0 Å². The van der Waals surface area contributed by atoms with E-state index >= 15 is 0 Å². The summed E-state index contributed by atoms with van der Waals surface area (Å²) < 4.78 is 26.5. The van der Waals surface area contributed by atoms with Gasteiger partial charge in [0.2, 0.25) is 5.91 Å². The summed E-state index contributed by atoms with van der Waals surface area (Å²) in [6.07, 6.45) is 0.572. The van der Waals surface area contributed by atoms with Crippen molar-refractivity contribution in [1.82, 2.24) is 5.32 Å². The van der Waals surface area contributed by atoms with E-state index in [0.29, 0.717) is 13.0 Å². The summed E-state index contributed by atoms with van der Waals surface area (Å²) in [6, 6.07) is 1.69. The number of nitrogens with one attached hydrogen (secondary N) is 1. The summed E-state index contributed by atoms with van der Waals surface area (Å²) in [6.45, 7) is 1.72. The average Bonchev–Trinajstić information content (AvgIpc) is 2.32. The molecule has 0 spiro atoms. The minimum Gasteiger partial charge on any atom is -0.355 e. The molecule has 0 aliphatic rings. The van der Waals surface area contributed by atoms with Crippen molar-refractivity contribution in [2.75, 3.05) is 6.54 Å². The molecule has 5 heteroatoms. The fraction of sp³-hybridized carbons (Fsp3) is 0.231. The highest BCUT2D eigenvalue weighted by Gasteiger charge is 2.07. The summed E-state index contributed by atoms with van der Waals surface area (Å²) >= 11 is 0. The number of halogens is 2. The van der Waals surface area contributed by atoms with Crippen LogP contribution in [0.15, 0.2) is 12.1 Å². The molecule has 1 rings (SSSR count). The Labute approximate surface area is 103 Å². The van der Waals surface area contributed by atoms with Gasteiger partial charge in [-0.25, -0.2) is 8.78 Å². The molecule has 0 heterocycles. The molecule has 1 N–H and O–H groups in total. The number of amides is 1. The molecule has 1 aromatic rings. The molecule has 3 nitrogen and oxygen atoms in total. The Balaban J connectivity index is 2.73. The van der Waals surface area contributed by atoms with Crippen molar-refractivity contribution in [1.29, 1.82) is 0 Å². The number of carbonyl (C=O) groups excluding carboxylic acids is 2.